The Morgan fingerprint density at radius 2 is 1.92 bits per heavy atom. The Hall–Kier alpha value is -4.31. The highest BCUT2D eigenvalue weighted by Crippen LogP contribution is 2.43. The molecule has 1 spiro atoms. The number of aromatic amines is 1. The van der Waals surface area contributed by atoms with E-state index in [9.17, 15) is 9.59 Å². The molecule has 16 nitrogen and oxygen atoms in total. The average molecular weight is 707 g/mol. The number of piperidine rings is 1. The third kappa shape index (κ3) is 7.66. The molecule has 3 saturated heterocycles. The Kier molecular flexibility index (Phi) is 9.89. The van der Waals surface area contributed by atoms with E-state index in [2.05, 4.69) is 32.2 Å². The molecular formula is C35H50N10O6. The van der Waals surface area contributed by atoms with Gasteiger partial charge < -0.3 is 29.3 Å². The summed E-state index contributed by atoms with van der Waals surface area (Å²) in [6.07, 6.45) is 10.4. The molecule has 1 unspecified atom stereocenters. The Morgan fingerprint density at radius 3 is 2.65 bits per heavy atom. The van der Waals surface area contributed by atoms with Gasteiger partial charge in [-0.2, -0.15) is 0 Å². The van der Waals surface area contributed by atoms with Crippen molar-refractivity contribution in [2.24, 2.45) is 16.3 Å². The number of rotatable bonds is 5. The van der Waals surface area contributed by atoms with Crippen molar-refractivity contribution >= 4 is 34.6 Å². The van der Waals surface area contributed by atoms with Crippen LogP contribution in [-0.2, 0) is 14.2 Å². The lowest BCUT2D eigenvalue weighted by Crippen LogP contribution is -2.55. The van der Waals surface area contributed by atoms with Gasteiger partial charge in [-0.1, -0.05) is 18.2 Å². The van der Waals surface area contributed by atoms with Crippen molar-refractivity contribution in [3.05, 3.63) is 34.7 Å². The quantitative estimate of drug-likeness (QED) is 0.391. The average Bonchev–Trinajstić information content (AvgIpc) is 3.80. The zero-order valence-electron chi connectivity index (χ0n) is 30.3. The molecular weight excluding hydrogens is 656 g/mol. The summed E-state index contributed by atoms with van der Waals surface area (Å²) in [6.45, 7) is 14.4. The zero-order valence-corrected chi connectivity index (χ0v) is 30.3. The molecule has 0 saturated carbocycles. The number of ether oxygens (including phenoxy) is 3. The van der Waals surface area contributed by atoms with Crippen LogP contribution < -0.4 is 20.9 Å². The predicted octanol–water partition coefficient (Wildman–Crippen LogP) is 3.99. The summed E-state index contributed by atoms with van der Waals surface area (Å²) < 4.78 is 24.6. The Morgan fingerprint density at radius 1 is 1.10 bits per heavy atom. The van der Waals surface area contributed by atoms with Gasteiger partial charge in [-0.15, -0.1) is 5.10 Å². The number of nitrogens with one attached hydrogen (secondary N) is 2. The first-order chi connectivity index (χ1) is 24.5. The molecule has 4 aliphatic heterocycles. The fourth-order valence-electron chi connectivity index (χ4n) is 7.53. The molecule has 16 heteroatoms. The number of nitrogens with zero attached hydrogens (tertiary/aromatic N) is 8. The van der Waals surface area contributed by atoms with Crippen molar-refractivity contribution in [1.82, 2.24) is 35.2 Å². The molecule has 0 bridgehead atoms. The van der Waals surface area contributed by atoms with Gasteiger partial charge in [0.15, 0.2) is 23.2 Å². The molecule has 2 N–H and O–H groups in total. The van der Waals surface area contributed by atoms with Crippen LogP contribution in [0.3, 0.4) is 0 Å². The van der Waals surface area contributed by atoms with Crippen molar-refractivity contribution < 1.29 is 23.5 Å². The molecule has 0 radical (unpaired) electrons. The summed E-state index contributed by atoms with van der Waals surface area (Å²) in [4.78, 5) is 46.4. The largest absolute Gasteiger partial charge is 0.444 e. The number of anilines is 2. The lowest BCUT2D eigenvalue weighted by molar-refractivity contribution is -0.0369. The second kappa shape index (κ2) is 14.4. The Labute approximate surface area is 297 Å². The fourth-order valence-corrected chi connectivity index (χ4v) is 7.53. The summed E-state index contributed by atoms with van der Waals surface area (Å²) in [5, 5.41) is 12.1. The predicted molar refractivity (Wildman–Crippen MR) is 190 cm³/mol. The van der Waals surface area contributed by atoms with Gasteiger partial charge in [0.25, 0.3) is 0 Å². The van der Waals surface area contributed by atoms with Crippen LogP contribution in [0.4, 0.5) is 16.4 Å². The summed E-state index contributed by atoms with van der Waals surface area (Å²) in [7, 11) is 0. The van der Waals surface area contributed by atoms with Crippen molar-refractivity contribution in [2.75, 3.05) is 55.7 Å². The van der Waals surface area contributed by atoms with E-state index in [1.807, 2.05) is 50.7 Å². The summed E-state index contributed by atoms with van der Waals surface area (Å²) in [5.41, 5.74) is 1.24. The van der Waals surface area contributed by atoms with Crippen LogP contribution in [0.1, 0.15) is 85.2 Å². The summed E-state index contributed by atoms with van der Waals surface area (Å²) in [5.74, 6) is 1.52. The van der Waals surface area contributed by atoms with Crippen molar-refractivity contribution in [3.63, 3.8) is 0 Å². The standard InChI is InChI=1S/C35H50N10O6/c1-22-11-15-44(14-8-9-24(36-19-22)29-40-33(47)51-42-29)31-27-30(45(41-31)26-10-6-7-18-48-26)38-25(20-37-27)43-16-12-35(13-17-43)21-49-23(2)28(35)39-32(46)50-34(3,4)5/h8-9,20,22-23,26,28H,6-7,10-19,21H2,1-5H3,(H,39,46)(H,40,42,47)/b9-8-,36-24+/t22-,23-,26?,28+/m0/s1. The molecule has 7 rings (SSSR count). The van der Waals surface area contributed by atoms with Gasteiger partial charge in [0.05, 0.1) is 24.9 Å². The van der Waals surface area contributed by atoms with Crippen LogP contribution in [0.15, 0.2) is 32.7 Å². The highest BCUT2D eigenvalue weighted by Gasteiger charge is 2.50. The molecule has 7 heterocycles. The van der Waals surface area contributed by atoms with Gasteiger partial charge in [-0.05, 0) is 78.2 Å². The van der Waals surface area contributed by atoms with E-state index in [0.717, 1.165) is 75.3 Å². The highest BCUT2D eigenvalue weighted by molar-refractivity contribution is 6.06. The summed E-state index contributed by atoms with van der Waals surface area (Å²) in [6, 6.07) is -0.140. The van der Waals surface area contributed by atoms with Gasteiger partial charge in [-0.25, -0.2) is 24.2 Å². The zero-order chi connectivity index (χ0) is 35.8. The van der Waals surface area contributed by atoms with E-state index in [1.54, 1.807) is 0 Å². The van der Waals surface area contributed by atoms with Crippen molar-refractivity contribution in [1.29, 1.82) is 0 Å². The number of fused-ring (bicyclic) bond motifs is 1. The minimum atomic E-state index is -0.613. The van der Waals surface area contributed by atoms with Crippen LogP contribution in [0.5, 0.6) is 0 Å². The SMILES string of the molecule is C[C@H]1CCN(c2nn(C3CCCCO3)c3nc(N4CCC5(CC4)CO[C@@H](C)[C@H]5NC(=O)OC(C)(C)C)cnc23)C/C=C\C(c2noc(=O)[nH]2)=N/C1. The topological polar surface area (TPSA) is 178 Å². The maximum Gasteiger partial charge on any atom is 0.439 e. The van der Waals surface area contributed by atoms with E-state index in [4.69, 9.17) is 38.8 Å². The summed E-state index contributed by atoms with van der Waals surface area (Å²) >= 11 is 0. The number of alkyl carbamates (subject to hydrolysis) is 1. The normalized spacial score (nSPS) is 27.7. The number of H-pyrrole nitrogens is 1. The maximum atomic E-state index is 12.8. The van der Waals surface area contributed by atoms with E-state index >= 15 is 0 Å². The second-order valence-electron chi connectivity index (χ2n) is 15.4. The molecule has 3 aromatic rings. The van der Waals surface area contributed by atoms with E-state index in [-0.39, 0.29) is 29.7 Å². The first kappa shape index (κ1) is 35.1. The number of amides is 1. The van der Waals surface area contributed by atoms with Gasteiger partial charge in [0.1, 0.15) is 17.1 Å². The van der Waals surface area contributed by atoms with Gasteiger partial charge in [0, 0.05) is 44.7 Å². The van der Waals surface area contributed by atoms with Crippen LogP contribution in [0.2, 0.25) is 0 Å². The van der Waals surface area contributed by atoms with Gasteiger partial charge in [-0.3, -0.25) is 14.5 Å². The second-order valence-corrected chi connectivity index (χ2v) is 15.4. The Balaban J connectivity index is 1.14. The lowest BCUT2D eigenvalue weighted by Gasteiger charge is -2.42. The molecule has 51 heavy (non-hydrogen) atoms. The number of hydrogen-bond donors (Lipinski definition) is 2. The molecule has 4 atom stereocenters. The smallest absolute Gasteiger partial charge is 0.439 e. The molecule has 1 amide bonds. The number of carbonyl (C=O) groups is 1. The van der Waals surface area contributed by atoms with E-state index < -0.39 is 17.5 Å². The van der Waals surface area contributed by atoms with Crippen molar-refractivity contribution in [3.8, 4) is 0 Å². The fraction of sp³-hybridized carbons (Fsp3) is 0.686. The highest BCUT2D eigenvalue weighted by atomic mass is 16.6. The minimum Gasteiger partial charge on any atom is -0.444 e. The molecule has 3 aromatic heterocycles. The first-order valence-electron chi connectivity index (χ1n) is 18.2. The van der Waals surface area contributed by atoms with E-state index in [1.165, 1.54) is 0 Å². The number of allylic oxidation sites excluding steroid dienone is 1. The maximum absolute atomic E-state index is 12.8. The molecule has 4 aliphatic rings. The first-order valence-corrected chi connectivity index (χ1v) is 18.2. The number of aliphatic imine (C=N–C) groups is 1. The monoisotopic (exact) mass is 706 g/mol. The van der Waals surface area contributed by atoms with Gasteiger partial charge in [0.2, 0.25) is 5.82 Å². The Bertz CT molecular complexity index is 1810. The van der Waals surface area contributed by atoms with E-state index in [0.29, 0.717) is 43.5 Å². The third-order valence-corrected chi connectivity index (χ3v) is 10.4. The molecule has 0 aromatic carbocycles. The lowest BCUT2D eigenvalue weighted by atomic mass is 9.73. The van der Waals surface area contributed by atoms with Gasteiger partial charge >= 0.3 is 11.8 Å². The number of hydrogen-bond acceptors (Lipinski definition) is 13. The molecule has 0 aliphatic carbocycles. The number of aromatic nitrogens is 6. The minimum absolute atomic E-state index is 0.108. The van der Waals surface area contributed by atoms with Crippen LogP contribution in [-0.4, -0.2) is 105 Å². The van der Waals surface area contributed by atoms with Crippen LogP contribution in [0.25, 0.3) is 11.2 Å². The van der Waals surface area contributed by atoms with Crippen LogP contribution in [0, 0.1) is 11.3 Å². The van der Waals surface area contributed by atoms with Crippen LogP contribution >= 0.6 is 0 Å². The number of carbonyl (C=O) groups excluding carboxylic acids is 1. The van der Waals surface area contributed by atoms with Crippen molar-refractivity contribution in [2.45, 2.75) is 97.1 Å². The molecule has 3 fully saturated rings. The molecule has 276 valence electrons. The third-order valence-electron chi connectivity index (χ3n) is 10.4.